The lowest BCUT2D eigenvalue weighted by Crippen LogP contribution is -2.54. The molecule has 8 heteroatoms. The number of hydrogen-bond acceptors (Lipinski definition) is 5. The van der Waals surface area contributed by atoms with Gasteiger partial charge in [-0.25, -0.2) is 4.79 Å². The van der Waals surface area contributed by atoms with Crippen LogP contribution in [-0.4, -0.2) is 55.0 Å². The third-order valence-corrected chi connectivity index (χ3v) is 6.69. The summed E-state index contributed by atoms with van der Waals surface area (Å²) in [5.74, 6) is -2.03. The van der Waals surface area contributed by atoms with Crippen molar-refractivity contribution in [3.63, 3.8) is 0 Å². The fourth-order valence-electron chi connectivity index (χ4n) is 4.68. The summed E-state index contributed by atoms with van der Waals surface area (Å²) in [6.45, 7) is 2.59. The molecule has 0 spiro atoms. The van der Waals surface area contributed by atoms with E-state index in [1.165, 1.54) is 6.92 Å². The van der Waals surface area contributed by atoms with E-state index < -0.39 is 23.5 Å². The summed E-state index contributed by atoms with van der Waals surface area (Å²) in [6.07, 6.45) is 0.404. The second kappa shape index (κ2) is 10.3. The maximum absolute atomic E-state index is 12.9. The highest BCUT2D eigenvalue weighted by atomic mass is 16.5. The van der Waals surface area contributed by atoms with Crippen molar-refractivity contribution in [3.05, 3.63) is 59.7 Å². The van der Waals surface area contributed by atoms with Crippen molar-refractivity contribution in [2.45, 2.75) is 37.6 Å². The predicted molar refractivity (Wildman–Crippen MR) is 125 cm³/mol. The number of carboxylic acid groups (broad SMARTS) is 1. The maximum Gasteiger partial charge on any atom is 0.407 e. The molecule has 2 aliphatic rings. The largest absolute Gasteiger partial charge is 0.481 e. The fourth-order valence-corrected chi connectivity index (χ4v) is 4.68. The van der Waals surface area contributed by atoms with E-state index in [1.54, 1.807) is 0 Å². The minimum absolute atomic E-state index is 0.0334. The summed E-state index contributed by atoms with van der Waals surface area (Å²) in [7, 11) is 0. The van der Waals surface area contributed by atoms with Crippen LogP contribution < -0.4 is 10.6 Å². The van der Waals surface area contributed by atoms with Gasteiger partial charge in [-0.3, -0.25) is 9.59 Å². The number of ether oxygens (including phenoxy) is 2. The van der Waals surface area contributed by atoms with E-state index >= 15 is 0 Å². The van der Waals surface area contributed by atoms with E-state index in [-0.39, 0.29) is 31.4 Å². The Morgan fingerprint density at radius 1 is 1.06 bits per heavy atom. The first-order valence-corrected chi connectivity index (χ1v) is 11.6. The van der Waals surface area contributed by atoms with Gasteiger partial charge < -0.3 is 25.2 Å². The van der Waals surface area contributed by atoms with Crippen LogP contribution in [0.1, 0.15) is 43.2 Å². The van der Waals surface area contributed by atoms with Crippen LogP contribution in [0.5, 0.6) is 0 Å². The molecule has 2 aromatic rings. The van der Waals surface area contributed by atoms with Crippen molar-refractivity contribution in [2.24, 2.45) is 5.92 Å². The molecule has 1 fully saturated rings. The minimum atomic E-state index is -0.974. The number of alkyl carbamates (subject to hydrolysis) is 1. The molecule has 1 saturated heterocycles. The molecule has 1 heterocycles. The first-order chi connectivity index (χ1) is 16.4. The Kier molecular flexibility index (Phi) is 7.17. The molecule has 3 N–H and O–H groups in total. The number of aliphatic carboxylic acids is 1. The lowest BCUT2D eigenvalue weighted by Gasteiger charge is -2.37. The number of rotatable bonds is 8. The second-order valence-corrected chi connectivity index (χ2v) is 9.06. The van der Waals surface area contributed by atoms with E-state index in [0.29, 0.717) is 26.1 Å². The van der Waals surface area contributed by atoms with Gasteiger partial charge in [0.05, 0.1) is 11.5 Å². The first kappa shape index (κ1) is 23.8. The van der Waals surface area contributed by atoms with Crippen LogP contribution in [-0.2, 0) is 19.1 Å². The zero-order valence-corrected chi connectivity index (χ0v) is 19.2. The predicted octanol–water partition coefficient (Wildman–Crippen LogP) is 3.30. The normalized spacial score (nSPS) is 17.2. The molecule has 34 heavy (non-hydrogen) atoms. The van der Waals surface area contributed by atoms with Crippen LogP contribution in [0.25, 0.3) is 11.1 Å². The Morgan fingerprint density at radius 2 is 1.65 bits per heavy atom. The molecule has 1 aliphatic heterocycles. The Labute approximate surface area is 198 Å². The molecule has 1 aliphatic carbocycles. The van der Waals surface area contributed by atoms with Crippen LogP contribution in [0.2, 0.25) is 0 Å². The van der Waals surface area contributed by atoms with Crippen molar-refractivity contribution in [2.75, 3.05) is 26.4 Å². The molecular formula is C26H30N2O6. The number of benzene rings is 2. The number of carboxylic acids is 1. The summed E-state index contributed by atoms with van der Waals surface area (Å²) >= 11 is 0. The molecule has 1 atom stereocenters. The maximum atomic E-state index is 12.9. The minimum Gasteiger partial charge on any atom is -0.481 e. The lowest BCUT2D eigenvalue weighted by molar-refractivity contribution is -0.141. The van der Waals surface area contributed by atoms with Gasteiger partial charge in [-0.1, -0.05) is 55.5 Å². The summed E-state index contributed by atoms with van der Waals surface area (Å²) in [5, 5.41) is 14.6. The quantitative estimate of drug-likeness (QED) is 0.550. The fraction of sp³-hybridized carbons (Fsp3) is 0.423. The molecule has 0 bridgehead atoms. The molecule has 1 unspecified atom stereocenters. The summed E-state index contributed by atoms with van der Waals surface area (Å²) in [4.78, 5) is 36.4. The highest BCUT2D eigenvalue weighted by Crippen LogP contribution is 2.44. The Hall–Kier alpha value is -3.39. The summed E-state index contributed by atoms with van der Waals surface area (Å²) < 4.78 is 11.1. The van der Waals surface area contributed by atoms with E-state index in [4.69, 9.17) is 14.6 Å². The second-order valence-electron chi connectivity index (χ2n) is 9.06. The molecule has 180 valence electrons. The van der Waals surface area contributed by atoms with Crippen molar-refractivity contribution in [1.82, 2.24) is 10.6 Å². The Morgan fingerprint density at radius 3 is 2.24 bits per heavy atom. The van der Waals surface area contributed by atoms with Crippen LogP contribution in [0, 0.1) is 5.92 Å². The van der Waals surface area contributed by atoms with Gasteiger partial charge in [-0.05, 0) is 35.1 Å². The lowest BCUT2D eigenvalue weighted by atomic mass is 9.86. The molecule has 4 rings (SSSR count). The van der Waals surface area contributed by atoms with E-state index in [0.717, 1.165) is 22.3 Å². The van der Waals surface area contributed by atoms with Crippen molar-refractivity contribution < 1.29 is 29.0 Å². The van der Waals surface area contributed by atoms with Crippen LogP contribution in [0.3, 0.4) is 0 Å². The smallest absolute Gasteiger partial charge is 0.407 e. The number of amides is 2. The first-order valence-electron chi connectivity index (χ1n) is 11.6. The molecule has 2 aromatic carbocycles. The number of carbonyl (C=O) groups is 3. The van der Waals surface area contributed by atoms with Gasteiger partial charge in [0.2, 0.25) is 5.91 Å². The van der Waals surface area contributed by atoms with Gasteiger partial charge in [-0.2, -0.15) is 0 Å². The average molecular weight is 467 g/mol. The van der Waals surface area contributed by atoms with Gasteiger partial charge in [0.15, 0.2) is 0 Å². The molecule has 0 aromatic heterocycles. The third kappa shape index (κ3) is 5.22. The van der Waals surface area contributed by atoms with Gasteiger partial charge in [-0.15, -0.1) is 0 Å². The third-order valence-electron chi connectivity index (χ3n) is 6.69. The SMILES string of the molecule is CC(CNC(=O)CC1(NC(=O)OCC2c3ccccc3-c3ccccc32)CCOCC1)C(=O)O. The molecular weight excluding hydrogens is 436 g/mol. The highest BCUT2D eigenvalue weighted by Gasteiger charge is 2.37. The summed E-state index contributed by atoms with van der Waals surface area (Å²) in [5.41, 5.74) is 3.77. The standard InChI is InChI=1S/C26H30N2O6/c1-17(24(30)31)15-27-23(29)14-26(10-12-33-13-11-26)28-25(32)34-16-22-20-8-4-2-6-18(20)19-7-3-5-9-21(19)22/h2-9,17,22H,10-16H2,1H3,(H,27,29)(H,28,32)(H,30,31). The summed E-state index contributed by atoms with van der Waals surface area (Å²) in [6, 6.07) is 16.3. The molecule has 2 amide bonds. The van der Waals surface area contributed by atoms with Gasteiger partial charge in [0.25, 0.3) is 0 Å². The van der Waals surface area contributed by atoms with E-state index in [9.17, 15) is 14.4 Å². The zero-order chi connectivity index (χ0) is 24.1. The van der Waals surface area contributed by atoms with E-state index in [1.807, 2.05) is 24.3 Å². The van der Waals surface area contributed by atoms with Crippen LogP contribution >= 0.6 is 0 Å². The number of fused-ring (bicyclic) bond motifs is 3. The van der Waals surface area contributed by atoms with Gasteiger partial charge in [0, 0.05) is 32.1 Å². The molecule has 0 radical (unpaired) electrons. The average Bonchev–Trinajstić information content (AvgIpc) is 3.15. The highest BCUT2D eigenvalue weighted by molar-refractivity contribution is 5.80. The van der Waals surface area contributed by atoms with Crippen molar-refractivity contribution in [1.29, 1.82) is 0 Å². The molecule has 0 saturated carbocycles. The Balaban J connectivity index is 1.39. The van der Waals surface area contributed by atoms with Crippen LogP contribution in [0.15, 0.2) is 48.5 Å². The number of nitrogens with one attached hydrogen (secondary N) is 2. The van der Waals surface area contributed by atoms with Crippen LogP contribution in [0.4, 0.5) is 4.79 Å². The van der Waals surface area contributed by atoms with Crippen molar-refractivity contribution in [3.8, 4) is 11.1 Å². The number of hydrogen-bond donors (Lipinski definition) is 3. The molecule has 8 nitrogen and oxygen atoms in total. The topological polar surface area (TPSA) is 114 Å². The number of carbonyl (C=O) groups excluding carboxylic acids is 2. The van der Waals surface area contributed by atoms with Gasteiger partial charge >= 0.3 is 12.1 Å². The monoisotopic (exact) mass is 466 g/mol. The van der Waals surface area contributed by atoms with E-state index in [2.05, 4.69) is 34.9 Å². The van der Waals surface area contributed by atoms with Gasteiger partial charge in [0.1, 0.15) is 6.61 Å². The zero-order valence-electron chi connectivity index (χ0n) is 19.2. The Bertz CT molecular complexity index is 1020. The van der Waals surface area contributed by atoms with Crippen molar-refractivity contribution >= 4 is 18.0 Å².